The van der Waals surface area contributed by atoms with Gasteiger partial charge in [0, 0.05) is 6.26 Å². The standard InChI is InChI=1S/CH3F2S2/c1-4-5(2)3/h1H3/q+1. The van der Waals surface area contributed by atoms with Gasteiger partial charge in [0.15, 0.2) is 10.8 Å². The molecule has 0 bridgehead atoms. The molecule has 0 aliphatic heterocycles. The van der Waals surface area contributed by atoms with Crippen LogP contribution in [0.1, 0.15) is 0 Å². The van der Waals surface area contributed by atoms with Crippen molar-refractivity contribution >= 4 is 21.5 Å². The molecule has 4 heteroatoms. The van der Waals surface area contributed by atoms with Gasteiger partial charge in [0.2, 0.25) is 0 Å². The molecule has 0 N–H and O–H groups in total. The Bertz CT molecular complexity index is 21.6. The summed E-state index contributed by atoms with van der Waals surface area (Å²) in [5.41, 5.74) is 0. The minimum Gasteiger partial charge on any atom is 0.0392 e. The van der Waals surface area contributed by atoms with Crippen LogP contribution in [0.4, 0.5) is 7.77 Å². The van der Waals surface area contributed by atoms with E-state index in [1.807, 2.05) is 0 Å². The van der Waals surface area contributed by atoms with Crippen molar-refractivity contribution in [2.75, 3.05) is 6.26 Å². The van der Waals surface area contributed by atoms with Crippen molar-refractivity contribution < 1.29 is 7.77 Å². The van der Waals surface area contributed by atoms with Crippen LogP contribution in [0, 0.1) is 0 Å². The second-order valence-electron chi connectivity index (χ2n) is 0.351. The van der Waals surface area contributed by atoms with Gasteiger partial charge in [-0.25, -0.2) is 0 Å². The molecule has 0 saturated heterocycles. The van der Waals surface area contributed by atoms with E-state index < -0.39 is 10.7 Å². The van der Waals surface area contributed by atoms with Gasteiger partial charge in [-0.1, -0.05) is 0 Å². The van der Waals surface area contributed by atoms with Crippen molar-refractivity contribution in [2.45, 2.75) is 0 Å². The van der Waals surface area contributed by atoms with Crippen LogP contribution in [0.5, 0.6) is 0 Å². The lowest BCUT2D eigenvalue weighted by atomic mass is 12.0. The van der Waals surface area contributed by atoms with Crippen molar-refractivity contribution in [1.82, 2.24) is 0 Å². The maximum absolute atomic E-state index is 10.8. The largest absolute Gasteiger partial charge is 0.497 e. The second kappa shape index (κ2) is 2.78. The molecular formula is CH3F2S2+. The lowest BCUT2D eigenvalue weighted by Gasteiger charge is -1.58. The fourth-order valence-corrected chi connectivity index (χ4v) is 0. The Hall–Kier alpha value is 0.560. The quantitative estimate of drug-likeness (QED) is 0.371. The Morgan fingerprint density at radius 2 is 1.80 bits per heavy atom. The van der Waals surface area contributed by atoms with E-state index in [4.69, 9.17) is 0 Å². The van der Waals surface area contributed by atoms with Crippen molar-refractivity contribution in [3.63, 3.8) is 0 Å². The van der Waals surface area contributed by atoms with Crippen LogP contribution < -0.4 is 0 Å². The first kappa shape index (κ1) is 5.56. The molecule has 0 aliphatic rings. The molecule has 5 heavy (non-hydrogen) atoms. The molecule has 0 aromatic heterocycles. The second-order valence-corrected chi connectivity index (χ2v) is 2.81. The van der Waals surface area contributed by atoms with Crippen LogP contribution in [-0.2, 0) is 10.7 Å². The normalized spacial score (nSPS) is 9.60. The van der Waals surface area contributed by atoms with E-state index in [2.05, 4.69) is 0 Å². The van der Waals surface area contributed by atoms with E-state index in [1.165, 1.54) is 6.26 Å². The number of hydrogen-bond acceptors (Lipinski definition) is 1. The van der Waals surface area contributed by atoms with Crippen LogP contribution in [0.15, 0.2) is 0 Å². The first-order valence-electron chi connectivity index (χ1n) is 0.884. The molecule has 0 amide bonds. The summed E-state index contributed by atoms with van der Waals surface area (Å²) in [5, 5.41) is 0. The van der Waals surface area contributed by atoms with Crippen LogP contribution in [-0.4, -0.2) is 6.26 Å². The Labute approximate surface area is 36.3 Å². The van der Waals surface area contributed by atoms with Gasteiger partial charge in [-0.2, -0.15) is 0 Å². The maximum Gasteiger partial charge on any atom is 0.497 e. The van der Waals surface area contributed by atoms with Gasteiger partial charge < -0.3 is 0 Å². The molecule has 0 nitrogen and oxygen atoms in total. The third-order valence-corrected chi connectivity index (χ3v) is 1.13. The summed E-state index contributed by atoms with van der Waals surface area (Å²) in [4.78, 5) is 0. The van der Waals surface area contributed by atoms with Gasteiger partial charge in [0.1, 0.15) is 0 Å². The summed E-state index contributed by atoms with van der Waals surface area (Å²) in [5.74, 6) is 0. The summed E-state index contributed by atoms with van der Waals surface area (Å²) >= 11 is 0. The number of rotatable bonds is 1. The molecule has 0 aromatic rings. The first-order chi connectivity index (χ1) is 2.27. The highest BCUT2D eigenvalue weighted by Crippen LogP contribution is 2.13. The Morgan fingerprint density at radius 3 is 1.80 bits per heavy atom. The molecule has 0 aliphatic carbocycles. The molecule has 0 fully saturated rings. The van der Waals surface area contributed by atoms with Gasteiger partial charge in [-0.15, -0.1) is 0 Å². The average Bonchev–Trinajstić information content (AvgIpc) is 1.38. The lowest BCUT2D eigenvalue weighted by Crippen LogP contribution is -1.62. The summed E-state index contributed by atoms with van der Waals surface area (Å²) < 4.78 is 21.5. The van der Waals surface area contributed by atoms with Gasteiger partial charge >= 0.3 is 10.7 Å². The molecule has 0 atom stereocenters. The highest BCUT2D eigenvalue weighted by Gasteiger charge is 2.14. The summed E-state index contributed by atoms with van der Waals surface area (Å²) in [6.07, 6.45) is 1.38. The highest BCUT2D eigenvalue weighted by molar-refractivity contribution is 8.70. The molecule has 0 rings (SSSR count). The Kier molecular flexibility index (Phi) is 3.09. The first-order valence-corrected chi connectivity index (χ1v) is 3.65. The molecule has 0 spiro atoms. The Morgan fingerprint density at radius 1 is 1.60 bits per heavy atom. The molecule has 0 saturated carbocycles. The zero-order chi connectivity index (χ0) is 4.28. The minimum absolute atomic E-state index is 0.574. The van der Waals surface area contributed by atoms with E-state index in [-0.39, 0.29) is 0 Å². The summed E-state index contributed by atoms with van der Waals surface area (Å²) in [6.45, 7) is 0. The fraction of sp³-hybridized carbons (Fsp3) is 1.00. The average molecular weight is 117 g/mol. The van der Waals surface area contributed by atoms with Crippen molar-refractivity contribution in [2.24, 2.45) is 0 Å². The van der Waals surface area contributed by atoms with Gasteiger partial charge in [0.25, 0.3) is 0 Å². The van der Waals surface area contributed by atoms with Gasteiger partial charge in [-0.05, 0) is 0 Å². The monoisotopic (exact) mass is 117 g/mol. The number of halogens is 2. The zero-order valence-electron chi connectivity index (χ0n) is 2.57. The molecule has 0 radical (unpaired) electrons. The van der Waals surface area contributed by atoms with Crippen molar-refractivity contribution in [3.05, 3.63) is 0 Å². The van der Waals surface area contributed by atoms with E-state index in [0.29, 0.717) is 10.8 Å². The van der Waals surface area contributed by atoms with Crippen molar-refractivity contribution in [3.8, 4) is 0 Å². The van der Waals surface area contributed by atoms with Gasteiger partial charge in [-0.3, -0.25) is 0 Å². The predicted molar refractivity (Wildman–Crippen MR) is 23.1 cm³/mol. The van der Waals surface area contributed by atoms with Crippen molar-refractivity contribution in [1.29, 1.82) is 0 Å². The third kappa shape index (κ3) is 4.56. The summed E-state index contributed by atoms with van der Waals surface area (Å²) in [7, 11) is -1.83. The van der Waals surface area contributed by atoms with Crippen LogP contribution in [0.3, 0.4) is 0 Å². The highest BCUT2D eigenvalue weighted by atomic mass is 33.2. The van der Waals surface area contributed by atoms with Crippen LogP contribution in [0.25, 0.3) is 0 Å². The number of hydrogen-bond donors (Lipinski definition) is 0. The van der Waals surface area contributed by atoms with E-state index in [1.54, 1.807) is 0 Å². The fourth-order valence-electron chi connectivity index (χ4n) is 0. The topological polar surface area (TPSA) is 0 Å². The summed E-state index contributed by atoms with van der Waals surface area (Å²) in [6, 6.07) is 0. The minimum atomic E-state index is -2.41. The molecule has 0 heterocycles. The zero-order valence-corrected chi connectivity index (χ0v) is 4.21. The predicted octanol–water partition coefficient (Wildman–Crippen LogP) is 1.65. The Balaban J connectivity index is 2.54. The van der Waals surface area contributed by atoms with E-state index in [0.717, 1.165) is 0 Å². The molecule has 0 unspecified atom stereocenters. The maximum atomic E-state index is 10.8. The van der Waals surface area contributed by atoms with Crippen LogP contribution >= 0.6 is 10.8 Å². The van der Waals surface area contributed by atoms with Gasteiger partial charge in [0.05, 0.1) is 7.77 Å². The third-order valence-electron chi connectivity index (χ3n) is 0.126. The molecule has 0 aromatic carbocycles. The lowest BCUT2D eigenvalue weighted by molar-refractivity contribution is 0.797. The smallest absolute Gasteiger partial charge is 0.0392 e. The molecule has 32 valence electrons. The van der Waals surface area contributed by atoms with E-state index in [9.17, 15) is 7.77 Å². The molecular weight excluding hydrogens is 114 g/mol. The van der Waals surface area contributed by atoms with E-state index >= 15 is 0 Å². The SMILES string of the molecule is CS[S+](F)F. The van der Waals surface area contributed by atoms with Crippen LogP contribution in [0.2, 0.25) is 0 Å².